The van der Waals surface area contributed by atoms with Crippen molar-refractivity contribution in [2.24, 2.45) is 0 Å². The summed E-state index contributed by atoms with van der Waals surface area (Å²) in [6.45, 7) is 6.47. The molecule has 1 heterocycles. The smallest absolute Gasteiger partial charge is 0.243 e. The number of aryl methyl sites for hydroxylation is 2. The van der Waals surface area contributed by atoms with Gasteiger partial charge in [-0.1, -0.05) is 19.4 Å². The van der Waals surface area contributed by atoms with Crippen molar-refractivity contribution >= 4 is 15.9 Å². The normalized spacial score (nSPS) is 19.6. The predicted octanol–water partition coefficient (Wildman–Crippen LogP) is 1.79. The van der Waals surface area contributed by atoms with Gasteiger partial charge in [-0.3, -0.25) is 9.69 Å². The van der Waals surface area contributed by atoms with Crippen LogP contribution in [0.4, 0.5) is 0 Å². The molecule has 1 atom stereocenters. The number of nitrogens with zero attached hydrogens (tertiary/aromatic N) is 2. The van der Waals surface area contributed by atoms with Crippen molar-refractivity contribution in [2.75, 3.05) is 32.7 Å². The molecule has 3 rings (SSSR count). The van der Waals surface area contributed by atoms with Crippen molar-refractivity contribution in [3.05, 3.63) is 29.3 Å². The van der Waals surface area contributed by atoms with Crippen LogP contribution in [-0.4, -0.2) is 62.3 Å². The molecule has 1 aliphatic heterocycles. The topological polar surface area (TPSA) is 69.7 Å². The van der Waals surface area contributed by atoms with E-state index in [1.54, 1.807) is 10.4 Å². The molecule has 150 valence electrons. The summed E-state index contributed by atoms with van der Waals surface area (Å²) in [5.74, 6) is 0.0193. The minimum absolute atomic E-state index is 0.0193. The Balaban J connectivity index is 1.54. The van der Waals surface area contributed by atoms with Crippen LogP contribution in [0.5, 0.6) is 0 Å². The predicted molar refractivity (Wildman–Crippen MR) is 106 cm³/mol. The molecular weight excluding hydrogens is 362 g/mol. The van der Waals surface area contributed by atoms with Gasteiger partial charge in [0.25, 0.3) is 0 Å². The van der Waals surface area contributed by atoms with Gasteiger partial charge >= 0.3 is 0 Å². The molecule has 0 aromatic heterocycles. The van der Waals surface area contributed by atoms with Crippen LogP contribution in [0.3, 0.4) is 0 Å². The Bertz CT molecular complexity index is 771. The van der Waals surface area contributed by atoms with E-state index in [-0.39, 0.29) is 11.9 Å². The van der Waals surface area contributed by atoms with Gasteiger partial charge in [0.1, 0.15) is 0 Å². The fourth-order valence-corrected chi connectivity index (χ4v) is 5.49. The molecule has 1 saturated heterocycles. The molecule has 1 N–H and O–H groups in total. The van der Waals surface area contributed by atoms with Gasteiger partial charge in [-0.2, -0.15) is 4.31 Å². The van der Waals surface area contributed by atoms with Crippen LogP contribution in [0, 0.1) is 0 Å². The van der Waals surface area contributed by atoms with Crippen LogP contribution in [0.2, 0.25) is 0 Å². The quantitative estimate of drug-likeness (QED) is 0.767. The summed E-state index contributed by atoms with van der Waals surface area (Å²) >= 11 is 0. The lowest BCUT2D eigenvalue weighted by Gasteiger charge is -2.33. The first-order valence-electron chi connectivity index (χ1n) is 10.0. The van der Waals surface area contributed by atoms with Crippen LogP contribution < -0.4 is 5.32 Å². The SMILES string of the molecule is CCC[C@@H](C)NC(=O)CN1CCN(S(=O)(=O)c2ccc3c(c2)CCC3)CC1. The summed E-state index contributed by atoms with van der Waals surface area (Å²) in [5, 5.41) is 3.01. The number of carbonyl (C=O) groups excluding carboxylic acids is 1. The highest BCUT2D eigenvalue weighted by Crippen LogP contribution is 2.26. The van der Waals surface area contributed by atoms with E-state index in [0.29, 0.717) is 37.6 Å². The highest BCUT2D eigenvalue weighted by atomic mass is 32.2. The molecular formula is C20H31N3O3S. The molecule has 1 aliphatic carbocycles. The first kappa shape index (κ1) is 20.3. The van der Waals surface area contributed by atoms with E-state index >= 15 is 0 Å². The van der Waals surface area contributed by atoms with E-state index in [4.69, 9.17) is 0 Å². The van der Waals surface area contributed by atoms with Crippen LogP contribution in [0.15, 0.2) is 23.1 Å². The Morgan fingerprint density at radius 3 is 2.56 bits per heavy atom. The number of nitrogens with one attached hydrogen (secondary N) is 1. The van der Waals surface area contributed by atoms with Crippen molar-refractivity contribution in [3.63, 3.8) is 0 Å². The third kappa shape index (κ3) is 4.89. The second-order valence-electron chi connectivity index (χ2n) is 7.72. The molecule has 1 aromatic carbocycles. The second kappa shape index (κ2) is 8.71. The van der Waals surface area contributed by atoms with E-state index in [1.165, 1.54) is 11.1 Å². The number of carbonyl (C=O) groups is 1. The van der Waals surface area contributed by atoms with E-state index in [1.807, 2.05) is 24.0 Å². The maximum Gasteiger partial charge on any atom is 0.243 e. The summed E-state index contributed by atoms with van der Waals surface area (Å²) < 4.78 is 27.5. The van der Waals surface area contributed by atoms with E-state index in [9.17, 15) is 13.2 Å². The Morgan fingerprint density at radius 2 is 1.85 bits per heavy atom. The number of hydrogen-bond acceptors (Lipinski definition) is 4. The second-order valence-corrected chi connectivity index (χ2v) is 9.66. The summed E-state index contributed by atoms with van der Waals surface area (Å²) in [7, 11) is -3.46. The first-order chi connectivity index (χ1) is 12.9. The van der Waals surface area contributed by atoms with Crippen molar-refractivity contribution in [3.8, 4) is 0 Å². The number of hydrogen-bond donors (Lipinski definition) is 1. The third-order valence-corrected chi connectivity index (χ3v) is 7.43. The molecule has 1 fully saturated rings. The number of amides is 1. The van der Waals surface area contributed by atoms with Crippen molar-refractivity contribution < 1.29 is 13.2 Å². The molecule has 2 aliphatic rings. The lowest BCUT2D eigenvalue weighted by atomic mass is 10.1. The van der Waals surface area contributed by atoms with Crippen molar-refractivity contribution in [2.45, 2.75) is 56.9 Å². The molecule has 27 heavy (non-hydrogen) atoms. The van der Waals surface area contributed by atoms with Gasteiger partial charge in [0.05, 0.1) is 11.4 Å². The lowest BCUT2D eigenvalue weighted by Crippen LogP contribution is -2.51. The minimum atomic E-state index is -3.46. The summed E-state index contributed by atoms with van der Waals surface area (Å²) in [6, 6.07) is 5.75. The average molecular weight is 394 g/mol. The largest absolute Gasteiger partial charge is 0.353 e. The number of sulfonamides is 1. The van der Waals surface area contributed by atoms with E-state index < -0.39 is 10.0 Å². The molecule has 1 amide bonds. The van der Waals surface area contributed by atoms with Crippen LogP contribution >= 0.6 is 0 Å². The average Bonchev–Trinajstić information content (AvgIpc) is 3.10. The first-order valence-corrected chi connectivity index (χ1v) is 11.5. The summed E-state index contributed by atoms with van der Waals surface area (Å²) in [6.07, 6.45) is 5.14. The van der Waals surface area contributed by atoms with Crippen LogP contribution in [0.1, 0.15) is 44.2 Å². The van der Waals surface area contributed by atoms with Crippen LogP contribution in [-0.2, 0) is 27.7 Å². The number of fused-ring (bicyclic) bond motifs is 1. The molecule has 0 unspecified atom stereocenters. The molecule has 0 radical (unpaired) electrons. The van der Waals surface area contributed by atoms with Gasteiger partial charge in [-0.15, -0.1) is 0 Å². The van der Waals surface area contributed by atoms with Crippen molar-refractivity contribution in [1.29, 1.82) is 0 Å². The maximum atomic E-state index is 13.0. The highest BCUT2D eigenvalue weighted by Gasteiger charge is 2.30. The number of benzene rings is 1. The Morgan fingerprint density at radius 1 is 1.15 bits per heavy atom. The molecule has 0 bridgehead atoms. The van der Waals surface area contributed by atoms with Gasteiger partial charge in [0.2, 0.25) is 15.9 Å². The number of piperazine rings is 1. The zero-order valence-corrected chi connectivity index (χ0v) is 17.2. The highest BCUT2D eigenvalue weighted by molar-refractivity contribution is 7.89. The molecule has 6 nitrogen and oxygen atoms in total. The minimum Gasteiger partial charge on any atom is -0.353 e. The van der Waals surface area contributed by atoms with Gasteiger partial charge in [-0.05, 0) is 55.9 Å². The zero-order valence-electron chi connectivity index (χ0n) is 16.4. The lowest BCUT2D eigenvalue weighted by molar-refractivity contribution is -0.123. The summed E-state index contributed by atoms with van der Waals surface area (Å²) in [5.41, 5.74) is 2.45. The molecule has 1 aromatic rings. The van der Waals surface area contributed by atoms with Crippen LogP contribution in [0.25, 0.3) is 0 Å². The monoisotopic (exact) mass is 393 g/mol. The summed E-state index contributed by atoms with van der Waals surface area (Å²) in [4.78, 5) is 14.6. The van der Waals surface area contributed by atoms with E-state index in [0.717, 1.165) is 32.1 Å². The maximum absolute atomic E-state index is 13.0. The van der Waals surface area contributed by atoms with Crippen molar-refractivity contribution in [1.82, 2.24) is 14.5 Å². The Hall–Kier alpha value is -1.44. The van der Waals surface area contributed by atoms with Gasteiger partial charge < -0.3 is 5.32 Å². The zero-order chi connectivity index (χ0) is 19.4. The molecule has 7 heteroatoms. The Kier molecular flexibility index (Phi) is 6.55. The van der Waals surface area contributed by atoms with Gasteiger partial charge in [0, 0.05) is 32.2 Å². The Labute approximate surface area is 163 Å². The van der Waals surface area contributed by atoms with Gasteiger partial charge in [-0.25, -0.2) is 8.42 Å². The fraction of sp³-hybridized carbons (Fsp3) is 0.650. The number of rotatable bonds is 7. The van der Waals surface area contributed by atoms with E-state index in [2.05, 4.69) is 12.2 Å². The standard InChI is InChI=1S/C20H31N3O3S/c1-3-5-16(2)21-20(24)15-22-10-12-23(13-11-22)27(25,26)19-9-8-17-6-4-7-18(17)14-19/h8-9,14,16H,3-7,10-13,15H2,1-2H3,(H,21,24)/t16-/m1/s1. The molecule has 0 saturated carbocycles. The molecule has 0 spiro atoms. The van der Waals surface area contributed by atoms with Gasteiger partial charge in [0.15, 0.2) is 0 Å². The third-order valence-electron chi connectivity index (χ3n) is 5.54. The fourth-order valence-electron chi connectivity index (χ4n) is 4.01.